The van der Waals surface area contributed by atoms with Crippen LogP contribution >= 0.6 is 11.6 Å². The van der Waals surface area contributed by atoms with Crippen molar-refractivity contribution in [2.45, 2.75) is 20.0 Å². The first-order chi connectivity index (χ1) is 10.6. The number of nitrogens with zero attached hydrogens (tertiary/aromatic N) is 5. The molecular formula is C15H21ClN6. The van der Waals surface area contributed by atoms with Crippen LogP contribution in [0.25, 0.3) is 0 Å². The van der Waals surface area contributed by atoms with Crippen LogP contribution in [0.15, 0.2) is 35.6 Å². The lowest BCUT2D eigenvalue weighted by Gasteiger charge is -2.22. The molecule has 0 aliphatic heterocycles. The molecule has 6 nitrogen and oxygen atoms in total. The third-order valence-electron chi connectivity index (χ3n) is 3.24. The van der Waals surface area contributed by atoms with Crippen molar-refractivity contribution in [3.8, 4) is 0 Å². The predicted octanol–water partition coefficient (Wildman–Crippen LogP) is 2.07. The van der Waals surface area contributed by atoms with Gasteiger partial charge in [-0.1, -0.05) is 29.8 Å². The van der Waals surface area contributed by atoms with Gasteiger partial charge in [0.05, 0.1) is 0 Å². The van der Waals surface area contributed by atoms with Crippen molar-refractivity contribution >= 4 is 17.6 Å². The molecule has 0 radical (unpaired) electrons. The van der Waals surface area contributed by atoms with Gasteiger partial charge in [-0.25, -0.2) is 9.98 Å². The van der Waals surface area contributed by atoms with Gasteiger partial charge >= 0.3 is 0 Å². The topological polar surface area (TPSA) is 58.3 Å². The number of aliphatic imine (C=N–C) groups is 1. The number of hydrogen-bond acceptors (Lipinski definition) is 3. The van der Waals surface area contributed by atoms with Crippen LogP contribution in [0, 0.1) is 0 Å². The number of aromatic nitrogens is 3. The second-order valence-electron chi connectivity index (χ2n) is 4.92. The number of benzene rings is 1. The zero-order chi connectivity index (χ0) is 15.9. The van der Waals surface area contributed by atoms with Crippen molar-refractivity contribution in [3.05, 3.63) is 47.0 Å². The first kappa shape index (κ1) is 16.3. The normalized spacial score (nSPS) is 11.5. The summed E-state index contributed by atoms with van der Waals surface area (Å²) in [5.41, 5.74) is 1.07. The molecular weight excluding hydrogens is 300 g/mol. The Labute approximate surface area is 135 Å². The van der Waals surface area contributed by atoms with Crippen molar-refractivity contribution in [1.29, 1.82) is 0 Å². The summed E-state index contributed by atoms with van der Waals surface area (Å²) in [7, 11) is 3.85. The van der Waals surface area contributed by atoms with Crippen molar-refractivity contribution < 1.29 is 0 Å². The lowest BCUT2D eigenvalue weighted by Crippen LogP contribution is -2.38. The van der Waals surface area contributed by atoms with Gasteiger partial charge in [0.25, 0.3) is 0 Å². The van der Waals surface area contributed by atoms with Crippen molar-refractivity contribution in [2.24, 2.45) is 12.0 Å². The standard InChI is InChI=1S/C15H21ClN6/c1-4-17-15(18-9-14-19-11-20-22(14)3)21(2)10-12-7-5-6-8-13(12)16/h5-8,11H,4,9-10H2,1-3H3,(H,17,18). The second-order valence-corrected chi connectivity index (χ2v) is 5.32. The number of rotatable bonds is 5. The summed E-state index contributed by atoms with van der Waals surface area (Å²) < 4.78 is 1.72. The maximum atomic E-state index is 6.22. The van der Waals surface area contributed by atoms with Gasteiger partial charge in [-0.3, -0.25) is 4.68 Å². The number of nitrogens with one attached hydrogen (secondary N) is 1. The van der Waals surface area contributed by atoms with Gasteiger partial charge in [0, 0.05) is 32.2 Å². The zero-order valence-corrected chi connectivity index (χ0v) is 13.9. The average molecular weight is 321 g/mol. The Hall–Kier alpha value is -2.08. The van der Waals surface area contributed by atoms with E-state index < -0.39 is 0 Å². The van der Waals surface area contributed by atoms with Crippen LogP contribution in [0.4, 0.5) is 0 Å². The number of halogens is 1. The van der Waals surface area contributed by atoms with Crippen molar-refractivity contribution in [1.82, 2.24) is 25.0 Å². The van der Waals surface area contributed by atoms with Crippen LogP contribution in [-0.4, -0.2) is 39.2 Å². The maximum Gasteiger partial charge on any atom is 0.194 e. The molecule has 0 aliphatic carbocycles. The molecule has 118 valence electrons. The highest BCUT2D eigenvalue weighted by molar-refractivity contribution is 6.31. The Balaban J connectivity index is 2.09. The fraction of sp³-hybridized carbons (Fsp3) is 0.400. The summed E-state index contributed by atoms with van der Waals surface area (Å²) >= 11 is 6.22. The van der Waals surface area contributed by atoms with Crippen LogP contribution < -0.4 is 5.32 Å². The number of aryl methyl sites for hydroxylation is 1. The minimum absolute atomic E-state index is 0.478. The smallest absolute Gasteiger partial charge is 0.194 e. The first-order valence-corrected chi connectivity index (χ1v) is 7.55. The summed E-state index contributed by atoms with van der Waals surface area (Å²) in [5.74, 6) is 1.63. The van der Waals surface area contributed by atoms with E-state index in [2.05, 4.69) is 20.4 Å². The molecule has 1 aromatic carbocycles. The van der Waals surface area contributed by atoms with E-state index in [0.29, 0.717) is 13.1 Å². The zero-order valence-electron chi connectivity index (χ0n) is 13.1. The monoisotopic (exact) mass is 320 g/mol. The van der Waals surface area contributed by atoms with E-state index in [9.17, 15) is 0 Å². The molecule has 22 heavy (non-hydrogen) atoms. The second kappa shape index (κ2) is 7.79. The van der Waals surface area contributed by atoms with E-state index in [1.165, 1.54) is 6.33 Å². The number of guanidine groups is 1. The molecule has 0 unspecified atom stereocenters. The van der Waals surface area contributed by atoms with E-state index in [4.69, 9.17) is 11.6 Å². The molecule has 1 heterocycles. The Bertz CT molecular complexity index is 636. The summed E-state index contributed by atoms with van der Waals surface area (Å²) in [4.78, 5) is 10.8. The largest absolute Gasteiger partial charge is 0.357 e. The van der Waals surface area contributed by atoms with Gasteiger partial charge in [-0.2, -0.15) is 5.10 Å². The molecule has 0 aliphatic rings. The molecule has 0 bridgehead atoms. The van der Waals surface area contributed by atoms with Gasteiger partial charge in [0.2, 0.25) is 0 Å². The minimum Gasteiger partial charge on any atom is -0.357 e. The number of hydrogen-bond donors (Lipinski definition) is 1. The highest BCUT2D eigenvalue weighted by Crippen LogP contribution is 2.16. The molecule has 7 heteroatoms. The summed E-state index contributed by atoms with van der Waals surface area (Å²) in [6, 6.07) is 7.83. The van der Waals surface area contributed by atoms with Crippen molar-refractivity contribution in [3.63, 3.8) is 0 Å². The van der Waals surface area contributed by atoms with E-state index in [0.717, 1.165) is 28.9 Å². The molecule has 2 aromatic rings. The average Bonchev–Trinajstić information content (AvgIpc) is 2.91. The Morgan fingerprint density at radius 3 is 2.82 bits per heavy atom. The lowest BCUT2D eigenvalue weighted by atomic mass is 10.2. The van der Waals surface area contributed by atoms with Gasteiger partial charge < -0.3 is 10.2 Å². The Morgan fingerprint density at radius 1 is 1.41 bits per heavy atom. The first-order valence-electron chi connectivity index (χ1n) is 7.17. The Kier molecular flexibility index (Phi) is 5.77. The third-order valence-corrected chi connectivity index (χ3v) is 3.61. The highest BCUT2D eigenvalue weighted by Gasteiger charge is 2.09. The molecule has 0 saturated carbocycles. The van der Waals surface area contributed by atoms with Crippen LogP contribution in [0.5, 0.6) is 0 Å². The molecule has 0 amide bonds. The van der Waals surface area contributed by atoms with Crippen LogP contribution in [0.2, 0.25) is 5.02 Å². The van der Waals surface area contributed by atoms with Gasteiger partial charge in [-0.15, -0.1) is 0 Å². The molecule has 1 aromatic heterocycles. The van der Waals surface area contributed by atoms with Crippen LogP contribution in [0.3, 0.4) is 0 Å². The van der Waals surface area contributed by atoms with E-state index in [-0.39, 0.29) is 0 Å². The maximum absolute atomic E-state index is 6.22. The minimum atomic E-state index is 0.478. The predicted molar refractivity (Wildman–Crippen MR) is 88.7 cm³/mol. The molecule has 0 saturated heterocycles. The molecule has 2 rings (SSSR count). The molecule has 0 spiro atoms. The fourth-order valence-corrected chi connectivity index (χ4v) is 2.23. The highest BCUT2D eigenvalue weighted by atomic mass is 35.5. The summed E-state index contributed by atoms with van der Waals surface area (Å²) in [5, 5.41) is 8.09. The van der Waals surface area contributed by atoms with Crippen molar-refractivity contribution in [2.75, 3.05) is 13.6 Å². The quantitative estimate of drug-likeness (QED) is 0.677. The van der Waals surface area contributed by atoms with Crippen LogP contribution in [0.1, 0.15) is 18.3 Å². The lowest BCUT2D eigenvalue weighted by molar-refractivity contribution is 0.476. The summed E-state index contributed by atoms with van der Waals surface area (Å²) in [6.07, 6.45) is 1.53. The summed E-state index contributed by atoms with van der Waals surface area (Å²) in [6.45, 7) is 4.00. The SMILES string of the molecule is CCNC(=NCc1ncnn1C)N(C)Cc1ccccc1Cl. The molecule has 0 fully saturated rings. The fourth-order valence-electron chi connectivity index (χ4n) is 2.04. The van der Waals surface area contributed by atoms with Gasteiger partial charge in [0.15, 0.2) is 5.96 Å². The molecule has 0 atom stereocenters. The van der Waals surface area contributed by atoms with Gasteiger partial charge in [0.1, 0.15) is 18.7 Å². The van der Waals surface area contributed by atoms with Crippen LogP contribution in [-0.2, 0) is 20.1 Å². The van der Waals surface area contributed by atoms with E-state index >= 15 is 0 Å². The third kappa shape index (κ3) is 4.21. The molecule has 1 N–H and O–H groups in total. The van der Waals surface area contributed by atoms with E-state index in [1.54, 1.807) is 4.68 Å². The van der Waals surface area contributed by atoms with Gasteiger partial charge in [-0.05, 0) is 18.6 Å². The Morgan fingerprint density at radius 2 is 2.18 bits per heavy atom. The van der Waals surface area contributed by atoms with E-state index in [1.807, 2.05) is 50.2 Å².